The Balaban J connectivity index is 0.000000291. The van der Waals surface area contributed by atoms with Crippen molar-refractivity contribution in [1.29, 1.82) is 0 Å². The second kappa shape index (κ2) is 4.93. The number of hydrogen-bond acceptors (Lipinski definition) is 2. The van der Waals surface area contributed by atoms with Crippen molar-refractivity contribution in [2.75, 3.05) is 0 Å². The molecule has 0 aromatic rings. The molecule has 1 rings (SSSR count). The second-order valence-corrected chi connectivity index (χ2v) is 1.47. The van der Waals surface area contributed by atoms with Gasteiger partial charge in [-0.2, -0.15) is 0 Å². The summed E-state index contributed by atoms with van der Waals surface area (Å²) in [7, 11) is 0. The fourth-order valence-corrected chi connectivity index (χ4v) is 0.508. The number of hydrogen-bond donors (Lipinski definition) is 1. The van der Waals surface area contributed by atoms with Gasteiger partial charge in [0, 0.05) is 41.1 Å². The Hall–Kier alpha value is 0.100. The first-order chi connectivity index (χ1) is 4.29. The molecule has 3 nitrogen and oxygen atoms in total. The van der Waals surface area contributed by atoms with Crippen LogP contribution in [0.3, 0.4) is 0 Å². The molecule has 1 saturated heterocycles. The fourth-order valence-electron chi connectivity index (χ4n) is 0.508. The first-order valence-electron chi connectivity index (χ1n) is 2.26. The Labute approximate surface area is 68.0 Å². The SMILES string of the molecule is BrBr.O=C1CCC(=O)N1. The zero-order chi connectivity index (χ0) is 7.28. The lowest BCUT2D eigenvalue weighted by molar-refractivity contribution is -0.124. The molecule has 0 radical (unpaired) electrons. The van der Waals surface area contributed by atoms with Crippen molar-refractivity contribution < 1.29 is 9.59 Å². The fraction of sp³-hybridized carbons (Fsp3) is 0.500. The maximum absolute atomic E-state index is 10.1. The first-order valence-corrected chi connectivity index (χ1v) is 5.97. The van der Waals surface area contributed by atoms with Gasteiger partial charge in [0.25, 0.3) is 0 Å². The predicted molar refractivity (Wildman–Crippen MR) is 40.2 cm³/mol. The average molecular weight is 259 g/mol. The standard InChI is InChI=1S/C4H5NO2.Br2/c6-3-1-2-4(7)5-3;1-2/h1-2H2,(H,5,6,7);. The highest BCUT2D eigenvalue weighted by molar-refractivity contribution is 9.93. The van der Waals surface area contributed by atoms with Gasteiger partial charge in [0.05, 0.1) is 0 Å². The monoisotopic (exact) mass is 257 g/mol. The molecule has 1 heterocycles. The normalized spacial score (nSPS) is 16.2. The molecular weight excluding hydrogens is 254 g/mol. The van der Waals surface area contributed by atoms with E-state index in [1.54, 1.807) is 0 Å². The zero-order valence-corrected chi connectivity index (χ0v) is 7.66. The quantitative estimate of drug-likeness (QED) is 0.662. The van der Waals surface area contributed by atoms with E-state index < -0.39 is 0 Å². The van der Waals surface area contributed by atoms with E-state index in [1.807, 2.05) is 0 Å². The van der Waals surface area contributed by atoms with Crippen LogP contribution >= 0.6 is 28.3 Å². The summed E-state index contributed by atoms with van der Waals surface area (Å²) in [4.78, 5) is 20.2. The lowest BCUT2D eigenvalue weighted by Gasteiger charge is -1.79. The van der Waals surface area contributed by atoms with Crippen molar-refractivity contribution in [3.05, 3.63) is 0 Å². The Morgan fingerprint density at radius 2 is 1.44 bits per heavy atom. The summed E-state index contributed by atoms with van der Waals surface area (Å²) in [5.41, 5.74) is 0. The molecule has 1 N–H and O–H groups in total. The Morgan fingerprint density at radius 3 is 1.56 bits per heavy atom. The number of imide groups is 1. The topological polar surface area (TPSA) is 46.2 Å². The van der Waals surface area contributed by atoms with Crippen LogP contribution in [0.25, 0.3) is 0 Å². The van der Waals surface area contributed by atoms with Crippen molar-refractivity contribution in [1.82, 2.24) is 5.32 Å². The van der Waals surface area contributed by atoms with Crippen molar-refractivity contribution in [3.63, 3.8) is 0 Å². The smallest absolute Gasteiger partial charge is 0.227 e. The summed E-state index contributed by atoms with van der Waals surface area (Å²) >= 11 is 5.50. The van der Waals surface area contributed by atoms with Crippen LogP contribution in [0, 0.1) is 0 Å². The van der Waals surface area contributed by atoms with Crippen LogP contribution in [0.4, 0.5) is 0 Å². The van der Waals surface area contributed by atoms with E-state index in [0.717, 1.165) is 0 Å². The minimum absolute atomic E-state index is 0.148. The van der Waals surface area contributed by atoms with E-state index in [2.05, 4.69) is 33.6 Å². The van der Waals surface area contributed by atoms with Gasteiger partial charge in [-0.1, -0.05) is 0 Å². The molecule has 5 heteroatoms. The van der Waals surface area contributed by atoms with Crippen LogP contribution in [0.1, 0.15) is 12.8 Å². The number of carbonyl (C=O) groups excluding carboxylic acids is 2. The number of amides is 2. The Morgan fingerprint density at radius 1 is 1.11 bits per heavy atom. The highest BCUT2D eigenvalue weighted by atomic mass is 80.9. The minimum atomic E-state index is -0.148. The molecule has 0 aliphatic carbocycles. The van der Waals surface area contributed by atoms with Crippen LogP contribution in [0.2, 0.25) is 0 Å². The average Bonchev–Trinajstić information content (AvgIpc) is 2.20. The summed E-state index contributed by atoms with van der Waals surface area (Å²) in [6.45, 7) is 0. The molecule has 0 unspecified atom stereocenters. The predicted octanol–water partition coefficient (Wildman–Crippen LogP) is 1.11. The molecule has 52 valence electrons. The van der Waals surface area contributed by atoms with Crippen molar-refractivity contribution in [2.24, 2.45) is 0 Å². The number of carbonyl (C=O) groups is 2. The van der Waals surface area contributed by atoms with E-state index in [4.69, 9.17) is 0 Å². The molecule has 0 saturated carbocycles. The minimum Gasteiger partial charge on any atom is -0.296 e. The van der Waals surface area contributed by atoms with Gasteiger partial charge in [-0.25, -0.2) is 0 Å². The van der Waals surface area contributed by atoms with Gasteiger partial charge in [0.2, 0.25) is 11.8 Å². The van der Waals surface area contributed by atoms with E-state index >= 15 is 0 Å². The molecule has 2 amide bonds. The number of halogens is 2. The molecule has 0 atom stereocenters. The molecule has 0 aromatic carbocycles. The van der Waals surface area contributed by atoms with Crippen LogP contribution in [-0.2, 0) is 9.59 Å². The van der Waals surface area contributed by atoms with Gasteiger partial charge in [-0.15, -0.1) is 0 Å². The maximum atomic E-state index is 10.1. The third-order valence-corrected chi connectivity index (χ3v) is 0.858. The lowest BCUT2D eigenvalue weighted by atomic mass is 10.4. The van der Waals surface area contributed by atoms with Gasteiger partial charge < -0.3 is 0 Å². The van der Waals surface area contributed by atoms with E-state index in [1.165, 1.54) is 0 Å². The van der Waals surface area contributed by atoms with Crippen LogP contribution in [0.5, 0.6) is 0 Å². The molecule has 1 aliphatic rings. The maximum Gasteiger partial charge on any atom is 0.227 e. The summed E-state index contributed by atoms with van der Waals surface area (Å²) < 4.78 is 0. The zero-order valence-electron chi connectivity index (χ0n) is 4.49. The van der Waals surface area contributed by atoms with Crippen LogP contribution in [-0.4, -0.2) is 11.8 Å². The highest BCUT2D eigenvalue weighted by Crippen LogP contribution is 1.95. The molecular formula is C4H5Br2NO2. The highest BCUT2D eigenvalue weighted by Gasteiger charge is 2.15. The number of rotatable bonds is 0. The van der Waals surface area contributed by atoms with Gasteiger partial charge in [0.15, 0.2) is 0 Å². The van der Waals surface area contributed by atoms with E-state index in [9.17, 15) is 9.59 Å². The van der Waals surface area contributed by atoms with Crippen molar-refractivity contribution in [3.8, 4) is 0 Å². The largest absolute Gasteiger partial charge is 0.296 e. The van der Waals surface area contributed by atoms with Crippen molar-refractivity contribution in [2.45, 2.75) is 12.8 Å². The van der Waals surface area contributed by atoms with Gasteiger partial charge >= 0.3 is 0 Å². The Kier molecular flexibility index (Phi) is 4.99. The second-order valence-electron chi connectivity index (χ2n) is 1.47. The summed E-state index contributed by atoms with van der Waals surface area (Å²) in [5.74, 6) is -0.296. The molecule has 9 heavy (non-hydrogen) atoms. The van der Waals surface area contributed by atoms with E-state index in [0.29, 0.717) is 12.8 Å². The van der Waals surface area contributed by atoms with Gasteiger partial charge in [-0.05, 0) is 0 Å². The third-order valence-electron chi connectivity index (χ3n) is 0.858. The lowest BCUT2D eigenvalue weighted by Crippen LogP contribution is -2.18. The van der Waals surface area contributed by atoms with Crippen molar-refractivity contribution >= 4 is 40.1 Å². The summed E-state index contributed by atoms with van der Waals surface area (Å²) in [5, 5.41) is 2.14. The Bertz CT molecular complexity index is 112. The molecule has 0 bridgehead atoms. The summed E-state index contributed by atoms with van der Waals surface area (Å²) in [6, 6.07) is 0. The number of nitrogens with one attached hydrogen (secondary N) is 1. The first kappa shape index (κ1) is 9.10. The summed E-state index contributed by atoms with van der Waals surface area (Å²) in [6.07, 6.45) is 0.748. The molecule has 1 fully saturated rings. The third kappa shape index (κ3) is 3.64. The molecule has 1 aliphatic heterocycles. The van der Waals surface area contributed by atoms with Gasteiger partial charge in [0.1, 0.15) is 0 Å². The molecule has 0 spiro atoms. The molecule has 0 aromatic heterocycles. The van der Waals surface area contributed by atoms with Gasteiger partial charge in [-0.3, -0.25) is 14.9 Å². The van der Waals surface area contributed by atoms with E-state index in [-0.39, 0.29) is 11.8 Å². The van der Waals surface area contributed by atoms with Crippen LogP contribution < -0.4 is 5.32 Å². The van der Waals surface area contributed by atoms with Crippen LogP contribution in [0.15, 0.2) is 0 Å².